The average Bonchev–Trinajstić information content (AvgIpc) is 2.99. The van der Waals surface area contributed by atoms with Gasteiger partial charge in [-0.15, -0.1) is 0 Å². The standard InChI is InChI=1S/C22H21BrN2O6/c1-13-5-4-6-14(7-13)12-31-20-16(23)8-15(10-18(20)29-2)9-17-21(27)25(22(28)24-17)11-19(26)30-3/h4-10H,11-12H2,1-3H3,(H,24,28). The molecule has 2 aromatic rings. The fraction of sp³-hybridized carbons (Fsp3) is 0.227. The van der Waals surface area contributed by atoms with E-state index in [1.165, 1.54) is 20.3 Å². The lowest BCUT2D eigenvalue weighted by atomic mass is 10.1. The zero-order chi connectivity index (χ0) is 22.5. The highest BCUT2D eigenvalue weighted by molar-refractivity contribution is 9.10. The molecule has 0 atom stereocenters. The maximum Gasteiger partial charge on any atom is 0.329 e. The van der Waals surface area contributed by atoms with Crippen molar-refractivity contribution in [1.82, 2.24) is 10.2 Å². The Kier molecular flexibility index (Phi) is 6.96. The van der Waals surface area contributed by atoms with Crippen molar-refractivity contribution < 1.29 is 28.6 Å². The Morgan fingerprint density at radius 1 is 1.19 bits per heavy atom. The van der Waals surface area contributed by atoms with Crippen molar-refractivity contribution in [1.29, 1.82) is 0 Å². The van der Waals surface area contributed by atoms with Gasteiger partial charge in [0.05, 0.1) is 18.7 Å². The highest BCUT2D eigenvalue weighted by Gasteiger charge is 2.35. The smallest absolute Gasteiger partial charge is 0.329 e. The molecule has 0 radical (unpaired) electrons. The fourth-order valence-corrected chi connectivity index (χ4v) is 3.57. The van der Waals surface area contributed by atoms with E-state index in [0.29, 0.717) is 28.1 Å². The molecule has 1 heterocycles. The first kappa shape index (κ1) is 22.4. The lowest BCUT2D eigenvalue weighted by Gasteiger charge is -2.14. The van der Waals surface area contributed by atoms with E-state index >= 15 is 0 Å². The van der Waals surface area contributed by atoms with E-state index in [-0.39, 0.29) is 5.70 Å². The first-order chi connectivity index (χ1) is 14.8. The number of halogens is 1. The Morgan fingerprint density at radius 3 is 2.65 bits per heavy atom. The summed E-state index contributed by atoms with van der Waals surface area (Å²) in [6, 6.07) is 10.7. The Morgan fingerprint density at radius 2 is 1.97 bits per heavy atom. The number of ether oxygens (including phenoxy) is 3. The van der Waals surface area contributed by atoms with Gasteiger partial charge in [0.15, 0.2) is 11.5 Å². The molecule has 1 saturated heterocycles. The van der Waals surface area contributed by atoms with Gasteiger partial charge in [0.2, 0.25) is 0 Å². The monoisotopic (exact) mass is 488 g/mol. The van der Waals surface area contributed by atoms with Crippen LogP contribution >= 0.6 is 15.9 Å². The number of carbonyl (C=O) groups excluding carboxylic acids is 3. The largest absolute Gasteiger partial charge is 0.493 e. The number of carbonyl (C=O) groups is 3. The van der Waals surface area contributed by atoms with Gasteiger partial charge in [0.25, 0.3) is 5.91 Å². The number of rotatable bonds is 7. The van der Waals surface area contributed by atoms with Crippen molar-refractivity contribution in [2.75, 3.05) is 20.8 Å². The molecule has 1 aliphatic rings. The second-order valence-electron chi connectivity index (χ2n) is 6.77. The number of methoxy groups -OCH3 is 2. The lowest BCUT2D eigenvalue weighted by molar-refractivity contribution is -0.143. The fourth-order valence-electron chi connectivity index (χ4n) is 3.00. The molecule has 1 fully saturated rings. The minimum atomic E-state index is -0.690. The lowest BCUT2D eigenvalue weighted by Crippen LogP contribution is -2.36. The summed E-state index contributed by atoms with van der Waals surface area (Å²) in [7, 11) is 2.70. The maximum atomic E-state index is 12.5. The van der Waals surface area contributed by atoms with Crippen LogP contribution in [0.5, 0.6) is 11.5 Å². The van der Waals surface area contributed by atoms with Gasteiger partial charge in [-0.25, -0.2) is 9.69 Å². The summed E-state index contributed by atoms with van der Waals surface area (Å²) in [6.07, 6.45) is 1.50. The van der Waals surface area contributed by atoms with Crippen molar-refractivity contribution in [3.8, 4) is 11.5 Å². The molecular formula is C22H21BrN2O6. The summed E-state index contributed by atoms with van der Waals surface area (Å²) < 4.78 is 16.5. The third-order valence-electron chi connectivity index (χ3n) is 4.51. The molecule has 3 rings (SSSR count). The summed E-state index contributed by atoms with van der Waals surface area (Å²) in [5.74, 6) is -0.341. The summed E-state index contributed by atoms with van der Waals surface area (Å²) >= 11 is 3.48. The van der Waals surface area contributed by atoms with Crippen LogP contribution in [-0.4, -0.2) is 43.6 Å². The Hall–Kier alpha value is -3.33. The Bertz CT molecular complexity index is 1070. The molecule has 0 aliphatic carbocycles. The van der Waals surface area contributed by atoms with E-state index in [1.807, 2.05) is 31.2 Å². The molecule has 0 spiro atoms. The molecule has 0 aromatic heterocycles. The number of hydrogen-bond donors (Lipinski definition) is 1. The number of nitrogens with zero attached hydrogens (tertiary/aromatic N) is 1. The Balaban J connectivity index is 1.81. The van der Waals surface area contributed by atoms with Crippen LogP contribution in [0.2, 0.25) is 0 Å². The molecule has 0 saturated carbocycles. The van der Waals surface area contributed by atoms with E-state index in [2.05, 4.69) is 26.0 Å². The zero-order valence-corrected chi connectivity index (χ0v) is 18.8. The van der Waals surface area contributed by atoms with Crippen molar-refractivity contribution >= 4 is 39.9 Å². The number of urea groups is 1. The van der Waals surface area contributed by atoms with Crippen molar-refractivity contribution in [2.45, 2.75) is 13.5 Å². The first-order valence-corrected chi connectivity index (χ1v) is 10.1. The minimum Gasteiger partial charge on any atom is -0.493 e. The number of esters is 1. The normalized spacial score (nSPS) is 14.6. The van der Waals surface area contributed by atoms with E-state index in [9.17, 15) is 14.4 Å². The second kappa shape index (κ2) is 9.65. The molecule has 1 aliphatic heterocycles. The van der Waals surface area contributed by atoms with Crippen LogP contribution in [0.3, 0.4) is 0 Å². The summed E-state index contributed by atoms with van der Waals surface area (Å²) in [4.78, 5) is 36.7. The molecular weight excluding hydrogens is 468 g/mol. The zero-order valence-electron chi connectivity index (χ0n) is 17.2. The third kappa shape index (κ3) is 5.24. The topological polar surface area (TPSA) is 94.2 Å². The molecule has 9 heteroatoms. The molecule has 2 aromatic carbocycles. The van der Waals surface area contributed by atoms with Crippen LogP contribution in [0, 0.1) is 6.92 Å². The van der Waals surface area contributed by atoms with Gasteiger partial charge in [0, 0.05) is 0 Å². The van der Waals surface area contributed by atoms with Crippen LogP contribution in [0.4, 0.5) is 4.79 Å². The maximum absolute atomic E-state index is 12.5. The number of nitrogens with one attached hydrogen (secondary N) is 1. The van der Waals surface area contributed by atoms with Gasteiger partial charge in [-0.1, -0.05) is 29.8 Å². The van der Waals surface area contributed by atoms with Crippen LogP contribution in [0.15, 0.2) is 46.6 Å². The van der Waals surface area contributed by atoms with Crippen molar-refractivity contribution in [3.63, 3.8) is 0 Å². The minimum absolute atomic E-state index is 0.0382. The number of amides is 3. The SMILES string of the molecule is COC(=O)CN1C(=O)NC(=Cc2cc(Br)c(OCc3cccc(C)c3)c(OC)c2)C1=O. The van der Waals surface area contributed by atoms with Gasteiger partial charge in [-0.05, 0) is 52.2 Å². The molecule has 8 nitrogen and oxygen atoms in total. The summed E-state index contributed by atoms with van der Waals surface area (Å²) in [5.41, 5.74) is 2.79. The quantitative estimate of drug-likeness (QED) is 0.364. The van der Waals surface area contributed by atoms with Crippen LogP contribution < -0.4 is 14.8 Å². The summed E-state index contributed by atoms with van der Waals surface area (Å²) in [6.45, 7) is 1.91. The molecule has 162 valence electrons. The molecule has 1 N–H and O–H groups in total. The molecule has 0 unspecified atom stereocenters. The number of imide groups is 1. The number of hydrogen-bond acceptors (Lipinski definition) is 6. The van der Waals surface area contributed by atoms with E-state index in [0.717, 1.165) is 16.0 Å². The summed E-state index contributed by atoms with van der Waals surface area (Å²) in [5, 5.41) is 2.46. The molecule has 0 bridgehead atoms. The van der Waals surface area contributed by atoms with Gasteiger partial charge in [0.1, 0.15) is 18.8 Å². The predicted octanol–water partition coefficient (Wildman–Crippen LogP) is 3.41. The highest BCUT2D eigenvalue weighted by atomic mass is 79.9. The average molecular weight is 489 g/mol. The first-order valence-electron chi connectivity index (χ1n) is 9.29. The highest BCUT2D eigenvalue weighted by Crippen LogP contribution is 2.38. The van der Waals surface area contributed by atoms with E-state index < -0.39 is 24.5 Å². The van der Waals surface area contributed by atoms with E-state index in [1.54, 1.807) is 12.1 Å². The Labute approximate surface area is 187 Å². The van der Waals surface area contributed by atoms with Gasteiger partial charge in [-0.3, -0.25) is 9.59 Å². The van der Waals surface area contributed by atoms with Crippen LogP contribution in [0.25, 0.3) is 6.08 Å². The predicted molar refractivity (Wildman–Crippen MR) is 116 cm³/mol. The molecule has 31 heavy (non-hydrogen) atoms. The van der Waals surface area contributed by atoms with Crippen molar-refractivity contribution in [2.24, 2.45) is 0 Å². The van der Waals surface area contributed by atoms with E-state index in [4.69, 9.17) is 9.47 Å². The molecule has 3 amide bonds. The number of benzene rings is 2. The van der Waals surface area contributed by atoms with Gasteiger partial charge < -0.3 is 19.5 Å². The van der Waals surface area contributed by atoms with Crippen LogP contribution in [-0.2, 0) is 20.9 Å². The van der Waals surface area contributed by atoms with Gasteiger partial charge in [-0.2, -0.15) is 0 Å². The number of aryl methyl sites for hydroxylation is 1. The van der Waals surface area contributed by atoms with Crippen LogP contribution in [0.1, 0.15) is 16.7 Å². The third-order valence-corrected chi connectivity index (χ3v) is 5.09. The second-order valence-corrected chi connectivity index (χ2v) is 7.62. The van der Waals surface area contributed by atoms with Gasteiger partial charge >= 0.3 is 12.0 Å². The van der Waals surface area contributed by atoms with Crippen molar-refractivity contribution in [3.05, 3.63) is 63.3 Å².